The molecule has 0 aliphatic heterocycles. The number of carbonyl (C=O) groups is 1. The summed E-state index contributed by atoms with van der Waals surface area (Å²) in [7, 11) is 0. The van der Waals surface area contributed by atoms with Crippen LogP contribution in [0.1, 0.15) is 5.69 Å². The number of aliphatic carboxylic acids is 1. The van der Waals surface area contributed by atoms with Crippen molar-refractivity contribution in [2.75, 3.05) is 0 Å². The van der Waals surface area contributed by atoms with Crippen LogP contribution in [0.4, 0.5) is 0 Å². The van der Waals surface area contributed by atoms with Crippen LogP contribution in [0.25, 0.3) is 5.69 Å². The highest BCUT2D eigenvalue weighted by Gasteiger charge is 2.10. The summed E-state index contributed by atoms with van der Waals surface area (Å²) < 4.78 is 1.30. The van der Waals surface area contributed by atoms with Gasteiger partial charge in [0.1, 0.15) is 0 Å². The average Bonchev–Trinajstić information content (AvgIpc) is 2.60. The van der Waals surface area contributed by atoms with Crippen LogP contribution in [-0.2, 0) is 11.2 Å². The maximum absolute atomic E-state index is 10.5. The van der Waals surface area contributed by atoms with E-state index >= 15 is 0 Å². The van der Waals surface area contributed by atoms with Crippen LogP contribution in [-0.4, -0.2) is 26.0 Å². The Morgan fingerprint density at radius 1 is 1.31 bits per heavy atom. The summed E-state index contributed by atoms with van der Waals surface area (Å²) in [4.78, 5) is 10.5. The van der Waals surface area contributed by atoms with E-state index in [2.05, 4.69) is 5.10 Å². The topological polar surface area (TPSA) is 75.3 Å². The van der Waals surface area contributed by atoms with E-state index in [4.69, 9.17) is 5.11 Å². The second-order valence-corrected chi connectivity index (χ2v) is 3.31. The van der Waals surface area contributed by atoms with Crippen molar-refractivity contribution in [3.05, 3.63) is 42.1 Å². The van der Waals surface area contributed by atoms with E-state index in [0.717, 1.165) is 0 Å². The Morgan fingerprint density at radius 2 is 2.00 bits per heavy atom. The lowest BCUT2D eigenvalue weighted by Gasteiger charge is -2.01. The fourth-order valence-electron chi connectivity index (χ4n) is 1.42. The molecule has 0 spiro atoms. The number of nitrogens with zero attached hydrogens (tertiary/aromatic N) is 2. The zero-order valence-corrected chi connectivity index (χ0v) is 8.37. The number of rotatable bonds is 3. The lowest BCUT2D eigenvalue weighted by atomic mass is 10.3. The Balaban J connectivity index is 2.36. The first-order valence-electron chi connectivity index (χ1n) is 4.72. The molecule has 2 N–H and O–H groups in total. The van der Waals surface area contributed by atoms with Gasteiger partial charge in [-0.15, -0.1) is 0 Å². The maximum atomic E-state index is 10.5. The Morgan fingerprint density at radius 3 is 2.62 bits per heavy atom. The predicted molar refractivity (Wildman–Crippen MR) is 56.6 cm³/mol. The van der Waals surface area contributed by atoms with Crippen LogP contribution < -0.4 is 0 Å². The average molecular weight is 218 g/mol. The molecule has 0 unspecified atom stereocenters. The predicted octanol–water partition coefficient (Wildman–Crippen LogP) is 1.21. The molecule has 82 valence electrons. The monoisotopic (exact) mass is 218 g/mol. The summed E-state index contributed by atoms with van der Waals surface area (Å²) in [6.07, 6.45) is -0.201. The first kappa shape index (κ1) is 10.2. The summed E-state index contributed by atoms with van der Waals surface area (Å²) in [6, 6.07) is 10.4. The molecule has 2 rings (SSSR count). The molecule has 0 bridgehead atoms. The van der Waals surface area contributed by atoms with E-state index in [1.165, 1.54) is 10.7 Å². The van der Waals surface area contributed by atoms with Crippen LogP contribution in [0, 0.1) is 0 Å². The van der Waals surface area contributed by atoms with Crippen molar-refractivity contribution < 1.29 is 15.0 Å². The molecule has 0 atom stereocenters. The van der Waals surface area contributed by atoms with Crippen LogP contribution in [0.15, 0.2) is 36.4 Å². The molecule has 5 nitrogen and oxygen atoms in total. The molecule has 0 fully saturated rings. The van der Waals surface area contributed by atoms with Crippen molar-refractivity contribution in [1.29, 1.82) is 0 Å². The van der Waals surface area contributed by atoms with Crippen molar-refractivity contribution in [3.63, 3.8) is 0 Å². The number of hydrogen-bond donors (Lipinski definition) is 2. The minimum atomic E-state index is -0.974. The number of benzene rings is 1. The lowest BCUT2D eigenvalue weighted by Crippen LogP contribution is -2.02. The standard InChI is InChI=1S/C11H10N2O3/c14-10-6-8(7-11(15)16)12-13(10)9-4-2-1-3-5-9/h1-6,14H,7H2,(H,15,16). The molecule has 1 aromatic carbocycles. The smallest absolute Gasteiger partial charge is 0.309 e. The summed E-state index contributed by atoms with van der Waals surface area (Å²) in [6.45, 7) is 0. The molecule has 0 aliphatic carbocycles. The number of aromatic hydroxyl groups is 1. The van der Waals surface area contributed by atoms with E-state index in [1.54, 1.807) is 12.1 Å². The molecular formula is C11H10N2O3. The third-order valence-electron chi connectivity index (χ3n) is 2.07. The summed E-state index contributed by atoms with van der Waals surface area (Å²) in [5.74, 6) is -1.04. The van der Waals surface area contributed by atoms with Crippen LogP contribution in [0.3, 0.4) is 0 Å². The molecular weight excluding hydrogens is 208 g/mol. The van der Waals surface area contributed by atoms with Gasteiger partial charge in [0.2, 0.25) is 5.88 Å². The van der Waals surface area contributed by atoms with Gasteiger partial charge in [-0.2, -0.15) is 5.10 Å². The van der Waals surface area contributed by atoms with E-state index in [9.17, 15) is 9.90 Å². The second kappa shape index (κ2) is 4.06. The van der Waals surface area contributed by atoms with Gasteiger partial charge in [0.25, 0.3) is 0 Å². The van der Waals surface area contributed by atoms with Gasteiger partial charge in [0.15, 0.2) is 0 Å². The van der Waals surface area contributed by atoms with Crippen molar-refractivity contribution in [2.45, 2.75) is 6.42 Å². The summed E-state index contributed by atoms with van der Waals surface area (Å²) >= 11 is 0. The summed E-state index contributed by atoms with van der Waals surface area (Å²) in [5, 5.41) is 22.2. The Hall–Kier alpha value is -2.30. The van der Waals surface area contributed by atoms with Crippen LogP contribution in [0.5, 0.6) is 5.88 Å². The Labute approximate surface area is 91.6 Å². The van der Waals surface area contributed by atoms with Gasteiger partial charge in [0, 0.05) is 6.07 Å². The van der Waals surface area contributed by atoms with Gasteiger partial charge in [-0.3, -0.25) is 4.79 Å². The maximum Gasteiger partial charge on any atom is 0.309 e. The molecule has 0 radical (unpaired) electrons. The largest absolute Gasteiger partial charge is 0.493 e. The second-order valence-electron chi connectivity index (χ2n) is 3.31. The zero-order valence-electron chi connectivity index (χ0n) is 8.37. The number of aromatic nitrogens is 2. The van der Waals surface area contributed by atoms with E-state index in [0.29, 0.717) is 11.4 Å². The molecule has 0 amide bonds. The number of para-hydroxylation sites is 1. The van der Waals surface area contributed by atoms with E-state index in [-0.39, 0.29) is 12.3 Å². The van der Waals surface area contributed by atoms with Crippen molar-refractivity contribution in [3.8, 4) is 11.6 Å². The molecule has 0 saturated heterocycles. The Kier molecular flexibility index (Phi) is 2.59. The van der Waals surface area contributed by atoms with E-state index in [1.807, 2.05) is 18.2 Å². The molecule has 0 aliphatic rings. The fourth-order valence-corrected chi connectivity index (χ4v) is 1.42. The third kappa shape index (κ3) is 2.03. The minimum absolute atomic E-state index is 0.0672. The highest BCUT2D eigenvalue weighted by Crippen LogP contribution is 2.17. The molecule has 1 heterocycles. The van der Waals surface area contributed by atoms with Crippen molar-refractivity contribution in [2.24, 2.45) is 0 Å². The lowest BCUT2D eigenvalue weighted by molar-refractivity contribution is -0.136. The SMILES string of the molecule is O=C(O)Cc1cc(O)n(-c2ccccc2)n1. The van der Waals surface area contributed by atoms with Crippen LogP contribution in [0.2, 0.25) is 0 Å². The van der Waals surface area contributed by atoms with Gasteiger partial charge in [-0.05, 0) is 12.1 Å². The quantitative estimate of drug-likeness (QED) is 0.811. The van der Waals surface area contributed by atoms with Crippen molar-refractivity contribution >= 4 is 5.97 Å². The van der Waals surface area contributed by atoms with Crippen LogP contribution >= 0.6 is 0 Å². The number of hydrogen-bond acceptors (Lipinski definition) is 3. The molecule has 16 heavy (non-hydrogen) atoms. The normalized spacial score (nSPS) is 10.2. The van der Waals surface area contributed by atoms with Crippen molar-refractivity contribution in [1.82, 2.24) is 9.78 Å². The number of carboxylic acid groups (broad SMARTS) is 1. The molecule has 5 heteroatoms. The minimum Gasteiger partial charge on any atom is -0.493 e. The Bertz CT molecular complexity index is 505. The first-order chi connectivity index (χ1) is 7.66. The zero-order chi connectivity index (χ0) is 11.5. The molecule has 0 saturated carbocycles. The van der Waals surface area contributed by atoms with Gasteiger partial charge < -0.3 is 10.2 Å². The van der Waals surface area contributed by atoms with Gasteiger partial charge in [-0.1, -0.05) is 18.2 Å². The number of carboxylic acids is 1. The molecule has 1 aromatic heterocycles. The highest BCUT2D eigenvalue weighted by atomic mass is 16.4. The van der Waals surface area contributed by atoms with Gasteiger partial charge >= 0.3 is 5.97 Å². The summed E-state index contributed by atoms with van der Waals surface area (Å²) in [5.41, 5.74) is 1.02. The van der Waals surface area contributed by atoms with Gasteiger partial charge in [-0.25, -0.2) is 4.68 Å². The van der Waals surface area contributed by atoms with E-state index < -0.39 is 5.97 Å². The molecule has 2 aromatic rings. The third-order valence-corrected chi connectivity index (χ3v) is 2.07. The first-order valence-corrected chi connectivity index (χ1v) is 4.72. The highest BCUT2D eigenvalue weighted by molar-refractivity contribution is 5.69. The fraction of sp³-hybridized carbons (Fsp3) is 0.0909. The van der Waals surface area contributed by atoms with Gasteiger partial charge in [0.05, 0.1) is 17.8 Å².